The molecule has 0 spiro atoms. The Labute approximate surface area is 158 Å². The zero-order valence-corrected chi connectivity index (χ0v) is 15.3. The molecule has 3 aromatic rings. The number of hydrogen-bond acceptors (Lipinski definition) is 5. The van der Waals surface area contributed by atoms with Crippen molar-refractivity contribution in [1.29, 1.82) is 5.26 Å². The average Bonchev–Trinajstić information content (AvgIpc) is 3.09. The Balaban J connectivity index is 1.72. The molecule has 0 fully saturated rings. The van der Waals surface area contributed by atoms with Gasteiger partial charge in [0.15, 0.2) is 0 Å². The van der Waals surface area contributed by atoms with E-state index in [0.29, 0.717) is 16.1 Å². The Bertz CT molecular complexity index is 1120. The van der Waals surface area contributed by atoms with Crippen LogP contribution in [0.3, 0.4) is 0 Å². The Morgan fingerprint density at radius 2 is 1.70 bits per heavy atom. The topological polar surface area (TPSA) is 99.1 Å². The Morgan fingerprint density at radius 3 is 2.33 bits per heavy atom. The summed E-state index contributed by atoms with van der Waals surface area (Å²) in [5.41, 5.74) is 0.929. The summed E-state index contributed by atoms with van der Waals surface area (Å²) in [7, 11) is -3.86. The number of anilines is 2. The van der Waals surface area contributed by atoms with Gasteiger partial charge in [-0.25, -0.2) is 12.8 Å². The monoisotopic (exact) mass is 401 g/mol. The molecular formula is C18H12FN3O3S2. The second-order valence-corrected chi connectivity index (χ2v) is 7.96. The van der Waals surface area contributed by atoms with Gasteiger partial charge in [0.1, 0.15) is 16.9 Å². The van der Waals surface area contributed by atoms with E-state index in [-0.39, 0.29) is 10.6 Å². The minimum atomic E-state index is -3.86. The predicted molar refractivity (Wildman–Crippen MR) is 101 cm³/mol. The van der Waals surface area contributed by atoms with Crippen molar-refractivity contribution < 1.29 is 17.6 Å². The van der Waals surface area contributed by atoms with Crippen LogP contribution in [0.5, 0.6) is 0 Å². The maximum absolute atomic E-state index is 12.9. The van der Waals surface area contributed by atoms with Crippen molar-refractivity contribution in [2.24, 2.45) is 0 Å². The van der Waals surface area contributed by atoms with Gasteiger partial charge in [0, 0.05) is 11.3 Å². The molecule has 0 atom stereocenters. The lowest BCUT2D eigenvalue weighted by Gasteiger charge is -2.09. The van der Waals surface area contributed by atoms with E-state index in [1.165, 1.54) is 35.6 Å². The first-order chi connectivity index (χ1) is 12.9. The highest BCUT2D eigenvalue weighted by atomic mass is 32.2. The molecule has 0 radical (unpaired) electrons. The lowest BCUT2D eigenvalue weighted by atomic mass is 10.2. The van der Waals surface area contributed by atoms with Crippen molar-refractivity contribution in [3.63, 3.8) is 0 Å². The molecule has 136 valence electrons. The van der Waals surface area contributed by atoms with Crippen LogP contribution < -0.4 is 10.0 Å². The Morgan fingerprint density at radius 1 is 1.04 bits per heavy atom. The number of benzene rings is 2. The molecule has 1 amide bonds. The quantitative estimate of drug-likeness (QED) is 0.679. The molecule has 0 aliphatic rings. The second kappa shape index (κ2) is 7.57. The minimum absolute atomic E-state index is 0.0764. The Hall–Kier alpha value is -3.22. The van der Waals surface area contributed by atoms with Crippen molar-refractivity contribution in [2.75, 3.05) is 10.0 Å². The summed E-state index contributed by atoms with van der Waals surface area (Å²) in [6.07, 6.45) is 0. The number of carbonyl (C=O) groups excluding carboxylic acids is 1. The second-order valence-electron chi connectivity index (χ2n) is 5.37. The third-order valence-corrected chi connectivity index (χ3v) is 5.76. The number of nitrogens with zero attached hydrogens (tertiary/aromatic N) is 1. The van der Waals surface area contributed by atoms with Crippen LogP contribution in [0.2, 0.25) is 0 Å². The number of amides is 1. The third kappa shape index (κ3) is 4.31. The first-order valence-corrected chi connectivity index (χ1v) is 9.93. The molecule has 3 rings (SSSR count). The van der Waals surface area contributed by atoms with Gasteiger partial charge in [-0.3, -0.25) is 9.52 Å². The van der Waals surface area contributed by atoms with E-state index < -0.39 is 21.7 Å². The maximum atomic E-state index is 12.9. The number of nitriles is 1. The van der Waals surface area contributed by atoms with Crippen LogP contribution >= 0.6 is 11.3 Å². The van der Waals surface area contributed by atoms with E-state index in [0.717, 1.165) is 24.3 Å². The number of rotatable bonds is 5. The van der Waals surface area contributed by atoms with Crippen LogP contribution in [-0.4, -0.2) is 14.3 Å². The normalized spacial score (nSPS) is 10.8. The van der Waals surface area contributed by atoms with Gasteiger partial charge in [0.2, 0.25) is 0 Å². The highest BCUT2D eigenvalue weighted by Crippen LogP contribution is 2.23. The molecule has 6 nitrogen and oxygen atoms in total. The van der Waals surface area contributed by atoms with Gasteiger partial charge in [0.25, 0.3) is 15.9 Å². The van der Waals surface area contributed by atoms with Crippen LogP contribution in [0.25, 0.3) is 0 Å². The Kier molecular flexibility index (Phi) is 5.21. The number of sulfonamides is 1. The summed E-state index contributed by atoms with van der Waals surface area (Å²) in [6.45, 7) is 0. The van der Waals surface area contributed by atoms with E-state index in [4.69, 9.17) is 5.26 Å². The zero-order valence-electron chi connectivity index (χ0n) is 13.6. The minimum Gasteiger partial charge on any atom is -0.312 e. The van der Waals surface area contributed by atoms with Gasteiger partial charge in [-0.1, -0.05) is 0 Å². The van der Waals surface area contributed by atoms with Crippen LogP contribution in [-0.2, 0) is 10.0 Å². The summed E-state index contributed by atoms with van der Waals surface area (Å²) < 4.78 is 39.8. The first-order valence-electron chi connectivity index (χ1n) is 7.56. The van der Waals surface area contributed by atoms with E-state index in [9.17, 15) is 17.6 Å². The lowest BCUT2D eigenvalue weighted by Crippen LogP contribution is -2.14. The van der Waals surface area contributed by atoms with E-state index >= 15 is 0 Å². The molecule has 0 unspecified atom stereocenters. The molecule has 0 aliphatic carbocycles. The molecule has 2 aromatic carbocycles. The average molecular weight is 401 g/mol. The number of nitrogens with one attached hydrogen (secondary N) is 2. The van der Waals surface area contributed by atoms with Gasteiger partial charge in [-0.05, 0) is 60.0 Å². The van der Waals surface area contributed by atoms with Gasteiger partial charge < -0.3 is 5.32 Å². The summed E-state index contributed by atoms with van der Waals surface area (Å²) in [5, 5.41) is 13.7. The summed E-state index contributed by atoms with van der Waals surface area (Å²) in [5.74, 6) is -0.948. The molecule has 0 saturated heterocycles. The molecule has 1 heterocycles. The van der Waals surface area contributed by atoms with Crippen LogP contribution in [0.15, 0.2) is 64.9 Å². The maximum Gasteiger partial charge on any atom is 0.261 e. The lowest BCUT2D eigenvalue weighted by molar-refractivity contribution is 0.102. The highest BCUT2D eigenvalue weighted by Gasteiger charge is 2.15. The van der Waals surface area contributed by atoms with E-state index in [2.05, 4.69) is 10.0 Å². The SMILES string of the molecule is N#Cc1ccsc1NC(=O)c1ccc(NS(=O)(=O)c2ccc(F)cc2)cc1. The number of thiophene rings is 1. The number of halogens is 1. The number of carbonyl (C=O) groups is 1. The summed E-state index contributed by atoms with van der Waals surface area (Å²) in [6, 6.07) is 13.8. The molecule has 0 bridgehead atoms. The fourth-order valence-electron chi connectivity index (χ4n) is 2.19. The zero-order chi connectivity index (χ0) is 19.4. The largest absolute Gasteiger partial charge is 0.312 e. The fraction of sp³-hybridized carbons (Fsp3) is 0. The smallest absolute Gasteiger partial charge is 0.261 e. The first kappa shape index (κ1) is 18.6. The summed E-state index contributed by atoms with van der Waals surface area (Å²) >= 11 is 1.23. The van der Waals surface area contributed by atoms with Gasteiger partial charge in [-0.2, -0.15) is 5.26 Å². The standard InChI is InChI=1S/C18H12FN3O3S2/c19-14-3-7-16(8-4-14)27(24,25)22-15-5-1-12(2-6-15)17(23)21-18-13(11-20)9-10-26-18/h1-10,22H,(H,21,23). The van der Waals surface area contributed by atoms with Gasteiger partial charge in [-0.15, -0.1) is 11.3 Å². The van der Waals surface area contributed by atoms with Crippen LogP contribution in [0.1, 0.15) is 15.9 Å². The van der Waals surface area contributed by atoms with Crippen molar-refractivity contribution in [2.45, 2.75) is 4.90 Å². The molecule has 0 saturated carbocycles. The molecule has 9 heteroatoms. The fourth-order valence-corrected chi connectivity index (χ4v) is 3.98. The molecular weight excluding hydrogens is 389 g/mol. The molecule has 27 heavy (non-hydrogen) atoms. The van der Waals surface area contributed by atoms with Crippen LogP contribution in [0, 0.1) is 17.1 Å². The summed E-state index contributed by atoms with van der Waals surface area (Å²) in [4.78, 5) is 12.2. The van der Waals surface area contributed by atoms with Gasteiger partial charge >= 0.3 is 0 Å². The van der Waals surface area contributed by atoms with Gasteiger partial charge in [0.05, 0.1) is 10.5 Å². The van der Waals surface area contributed by atoms with Crippen molar-refractivity contribution in [3.8, 4) is 6.07 Å². The van der Waals surface area contributed by atoms with Crippen molar-refractivity contribution >= 4 is 38.0 Å². The van der Waals surface area contributed by atoms with Crippen molar-refractivity contribution in [1.82, 2.24) is 0 Å². The number of hydrogen-bond donors (Lipinski definition) is 2. The molecule has 2 N–H and O–H groups in total. The van der Waals surface area contributed by atoms with Crippen molar-refractivity contribution in [3.05, 3.63) is 76.9 Å². The molecule has 0 aliphatic heterocycles. The van der Waals surface area contributed by atoms with Crippen LogP contribution in [0.4, 0.5) is 15.1 Å². The highest BCUT2D eigenvalue weighted by molar-refractivity contribution is 7.92. The van der Waals surface area contributed by atoms with E-state index in [1.807, 2.05) is 6.07 Å². The van der Waals surface area contributed by atoms with E-state index in [1.54, 1.807) is 11.4 Å². The third-order valence-electron chi connectivity index (χ3n) is 3.54. The predicted octanol–water partition coefficient (Wildman–Crippen LogP) is 3.81. The molecule has 1 aromatic heterocycles.